The molecule has 0 fully saturated rings. The van der Waals surface area contributed by atoms with Crippen LogP contribution in [0, 0.1) is 11.6 Å². The van der Waals surface area contributed by atoms with Crippen LogP contribution in [0.2, 0.25) is 0 Å². The quantitative estimate of drug-likeness (QED) is 0.695. The Morgan fingerprint density at radius 1 is 1.33 bits per heavy atom. The summed E-state index contributed by atoms with van der Waals surface area (Å²) < 4.78 is 26.0. The van der Waals surface area contributed by atoms with Crippen molar-refractivity contribution in [3.05, 3.63) is 35.4 Å². The van der Waals surface area contributed by atoms with E-state index in [1.165, 1.54) is 12.1 Å². The highest BCUT2D eigenvalue weighted by molar-refractivity contribution is 5.22. The third-order valence-electron chi connectivity index (χ3n) is 2.17. The maximum atomic E-state index is 13.2. The molecular formula is C10H13F2NO2. The van der Waals surface area contributed by atoms with Crippen molar-refractivity contribution in [2.24, 2.45) is 5.73 Å². The van der Waals surface area contributed by atoms with Gasteiger partial charge in [0.25, 0.3) is 0 Å². The van der Waals surface area contributed by atoms with E-state index >= 15 is 0 Å². The first kappa shape index (κ1) is 12.0. The number of nitrogens with two attached hydrogens (primary N) is 1. The van der Waals surface area contributed by atoms with Gasteiger partial charge in [0.1, 0.15) is 0 Å². The number of halogens is 2. The molecule has 84 valence electrons. The normalized spacial score (nSPS) is 15.0. The SMILES string of the molecule is NC(CCO)C(O)c1cccc(F)c1F. The molecule has 2 unspecified atom stereocenters. The minimum Gasteiger partial charge on any atom is -0.396 e. The molecule has 0 aliphatic heterocycles. The van der Waals surface area contributed by atoms with Crippen LogP contribution >= 0.6 is 0 Å². The van der Waals surface area contributed by atoms with Crippen LogP contribution in [0.25, 0.3) is 0 Å². The average Bonchev–Trinajstić information content (AvgIpc) is 2.21. The Morgan fingerprint density at radius 2 is 2.00 bits per heavy atom. The van der Waals surface area contributed by atoms with Gasteiger partial charge in [-0.1, -0.05) is 12.1 Å². The van der Waals surface area contributed by atoms with E-state index in [4.69, 9.17) is 10.8 Å². The van der Waals surface area contributed by atoms with E-state index in [1.807, 2.05) is 0 Å². The summed E-state index contributed by atoms with van der Waals surface area (Å²) in [6.45, 7) is -0.213. The van der Waals surface area contributed by atoms with Gasteiger partial charge >= 0.3 is 0 Å². The molecule has 0 amide bonds. The largest absolute Gasteiger partial charge is 0.396 e. The smallest absolute Gasteiger partial charge is 0.164 e. The van der Waals surface area contributed by atoms with E-state index in [1.54, 1.807) is 0 Å². The lowest BCUT2D eigenvalue weighted by Gasteiger charge is -2.18. The van der Waals surface area contributed by atoms with Gasteiger partial charge in [-0.15, -0.1) is 0 Å². The standard InChI is InChI=1S/C10H13F2NO2/c11-7-3-1-2-6(9(7)12)10(15)8(13)4-5-14/h1-3,8,10,14-15H,4-5,13H2. The number of hydrogen-bond donors (Lipinski definition) is 3. The van der Waals surface area contributed by atoms with Gasteiger partial charge in [-0.05, 0) is 12.5 Å². The minimum absolute atomic E-state index is 0.122. The molecule has 1 aromatic rings. The predicted octanol–water partition coefficient (Wildman–Crippen LogP) is 0.708. The van der Waals surface area contributed by atoms with Crippen molar-refractivity contribution in [3.8, 4) is 0 Å². The van der Waals surface area contributed by atoms with Crippen LogP contribution < -0.4 is 5.73 Å². The molecule has 5 heteroatoms. The first-order valence-corrected chi connectivity index (χ1v) is 4.56. The van der Waals surface area contributed by atoms with E-state index in [9.17, 15) is 13.9 Å². The second kappa shape index (κ2) is 5.16. The molecule has 0 heterocycles. The summed E-state index contributed by atoms with van der Waals surface area (Å²) in [6.07, 6.45) is -1.19. The molecule has 0 saturated carbocycles. The van der Waals surface area contributed by atoms with Gasteiger partial charge in [-0.3, -0.25) is 0 Å². The average molecular weight is 217 g/mol. The van der Waals surface area contributed by atoms with Crippen molar-refractivity contribution in [1.29, 1.82) is 0 Å². The highest BCUT2D eigenvalue weighted by Crippen LogP contribution is 2.22. The third kappa shape index (κ3) is 2.71. The summed E-state index contributed by atoms with van der Waals surface area (Å²) in [4.78, 5) is 0. The van der Waals surface area contributed by atoms with Crippen LogP contribution in [0.5, 0.6) is 0 Å². The fraction of sp³-hybridized carbons (Fsp3) is 0.400. The Balaban J connectivity index is 2.90. The molecule has 0 aliphatic carbocycles. The second-order valence-electron chi connectivity index (χ2n) is 3.26. The maximum Gasteiger partial charge on any atom is 0.164 e. The molecule has 0 radical (unpaired) electrons. The van der Waals surface area contributed by atoms with E-state index in [0.29, 0.717) is 0 Å². The van der Waals surface area contributed by atoms with Crippen LogP contribution in [0.3, 0.4) is 0 Å². The summed E-state index contributed by atoms with van der Waals surface area (Å²) in [6, 6.07) is 2.71. The fourth-order valence-electron chi connectivity index (χ4n) is 1.29. The number of rotatable bonds is 4. The predicted molar refractivity (Wildman–Crippen MR) is 51.0 cm³/mol. The summed E-state index contributed by atoms with van der Waals surface area (Å²) in [7, 11) is 0. The monoisotopic (exact) mass is 217 g/mol. The molecule has 15 heavy (non-hydrogen) atoms. The molecule has 4 N–H and O–H groups in total. The number of benzene rings is 1. The molecule has 2 atom stereocenters. The van der Waals surface area contributed by atoms with Gasteiger partial charge in [0.05, 0.1) is 6.10 Å². The zero-order chi connectivity index (χ0) is 11.4. The Morgan fingerprint density at radius 3 is 2.60 bits per heavy atom. The molecular weight excluding hydrogens is 204 g/mol. The molecule has 0 aliphatic rings. The Labute approximate surface area is 86.2 Å². The van der Waals surface area contributed by atoms with Gasteiger partial charge in [0, 0.05) is 18.2 Å². The third-order valence-corrected chi connectivity index (χ3v) is 2.17. The molecule has 3 nitrogen and oxygen atoms in total. The Hall–Kier alpha value is -1.04. The highest BCUT2D eigenvalue weighted by atomic mass is 19.2. The van der Waals surface area contributed by atoms with Crippen LogP contribution in [0.15, 0.2) is 18.2 Å². The molecule has 0 aromatic heterocycles. The lowest BCUT2D eigenvalue weighted by atomic mass is 10.0. The number of aliphatic hydroxyl groups excluding tert-OH is 2. The fourth-order valence-corrected chi connectivity index (χ4v) is 1.29. The van der Waals surface area contributed by atoms with Gasteiger partial charge in [0.15, 0.2) is 11.6 Å². The molecule has 0 bridgehead atoms. The zero-order valence-corrected chi connectivity index (χ0v) is 8.03. The van der Waals surface area contributed by atoms with Crippen molar-refractivity contribution < 1.29 is 19.0 Å². The van der Waals surface area contributed by atoms with E-state index in [0.717, 1.165) is 6.07 Å². The highest BCUT2D eigenvalue weighted by Gasteiger charge is 2.21. The summed E-state index contributed by atoms with van der Waals surface area (Å²) in [5.41, 5.74) is 5.30. The summed E-state index contributed by atoms with van der Waals surface area (Å²) >= 11 is 0. The van der Waals surface area contributed by atoms with Crippen molar-refractivity contribution in [2.45, 2.75) is 18.6 Å². The first-order chi connectivity index (χ1) is 7.07. The Bertz CT molecular complexity index is 333. The van der Waals surface area contributed by atoms with E-state index < -0.39 is 23.8 Å². The topological polar surface area (TPSA) is 66.5 Å². The summed E-state index contributed by atoms with van der Waals surface area (Å²) in [5.74, 6) is -2.12. The molecule has 0 spiro atoms. The maximum absolute atomic E-state index is 13.2. The van der Waals surface area contributed by atoms with Crippen molar-refractivity contribution in [2.75, 3.05) is 6.61 Å². The van der Waals surface area contributed by atoms with E-state index in [2.05, 4.69) is 0 Å². The van der Waals surface area contributed by atoms with Crippen LogP contribution in [-0.4, -0.2) is 22.9 Å². The molecule has 1 rings (SSSR count). The van der Waals surface area contributed by atoms with E-state index in [-0.39, 0.29) is 18.6 Å². The number of hydrogen-bond acceptors (Lipinski definition) is 3. The van der Waals surface area contributed by atoms with Gasteiger partial charge in [-0.2, -0.15) is 0 Å². The van der Waals surface area contributed by atoms with Crippen molar-refractivity contribution in [3.63, 3.8) is 0 Å². The first-order valence-electron chi connectivity index (χ1n) is 4.56. The van der Waals surface area contributed by atoms with Crippen molar-refractivity contribution >= 4 is 0 Å². The molecule has 0 saturated heterocycles. The lowest BCUT2D eigenvalue weighted by molar-refractivity contribution is 0.124. The van der Waals surface area contributed by atoms with Crippen LogP contribution in [-0.2, 0) is 0 Å². The summed E-state index contributed by atoms with van der Waals surface area (Å²) in [5, 5.41) is 18.2. The Kier molecular flexibility index (Phi) is 4.14. The van der Waals surface area contributed by atoms with Gasteiger partial charge in [-0.25, -0.2) is 8.78 Å². The van der Waals surface area contributed by atoms with Crippen LogP contribution in [0.4, 0.5) is 8.78 Å². The lowest BCUT2D eigenvalue weighted by Crippen LogP contribution is -2.30. The minimum atomic E-state index is -1.31. The van der Waals surface area contributed by atoms with Gasteiger partial charge in [0.2, 0.25) is 0 Å². The van der Waals surface area contributed by atoms with Crippen molar-refractivity contribution in [1.82, 2.24) is 0 Å². The van der Waals surface area contributed by atoms with Gasteiger partial charge < -0.3 is 15.9 Å². The number of aliphatic hydroxyl groups is 2. The molecule has 1 aromatic carbocycles. The van der Waals surface area contributed by atoms with Crippen LogP contribution in [0.1, 0.15) is 18.1 Å². The zero-order valence-electron chi connectivity index (χ0n) is 8.03. The second-order valence-corrected chi connectivity index (χ2v) is 3.26.